The van der Waals surface area contributed by atoms with Crippen LogP contribution in [0.1, 0.15) is 17.3 Å². The van der Waals surface area contributed by atoms with Crippen LogP contribution in [0.25, 0.3) is 0 Å². The van der Waals surface area contributed by atoms with E-state index in [9.17, 15) is 5.11 Å². The van der Waals surface area contributed by atoms with E-state index in [1.165, 1.54) is 0 Å². The minimum absolute atomic E-state index is 0.0387. The van der Waals surface area contributed by atoms with Crippen LogP contribution in [0.2, 0.25) is 10.0 Å². The highest BCUT2D eigenvalue weighted by molar-refractivity contribution is 6.36. The Morgan fingerprint density at radius 2 is 1.76 bits per heavy atom. The van der Waals surface area contributed by atoms with Gasteiger partial charge in [-0.25, -0.2) is 0 Å². The van der Waals surface area contributed by atoms with Crippen LogP contribution in [-0.4, -0.2) is 24.1 Å². The van der Waals surface area contributed by atoms with Crippen LogP contribution in [0.15, 0.2) is 36.4 Å². The molecule has 5 heteroatoms. The van der Waals surface area contributed by atoms with E-state index in [1.54, 1.807) is 12.1 Å². The average Bonchev–Trinajstić information content (AvgIpc) is 2.41. The summed E-state index contributed by atoms with van der Waals surface area (Å²) < 4.78 is 0. The third kappa shape index (κ3) is 2.46. The zero-order valence-corrected chi connectivity index (χ0v) is 13.4. The molecule has 110 valence electrons. The number of fused-ring (bicyclic) bond motifs is 1. The smallest absolute Gasteiger partial charge is 0.116 e. The van der Waals surface area contributed by atoms with Crippen LogP contribution < -0.4 is 4.90 Å². The Kier molecular flexibility index (Phi) is 3.74. The molecule has 2 aromatic carbocycles. The van der Waals surface area contributed by atoms with Crippen molar-refractivity contribution >= 4 is 28.9 Å². The molecule has 0 spiro atoms. The lowest BCUT2D eigenvalue weighted by Gasteiger charge is -2.43. The first kappa shape index (κ1) is 14.5. The minimum Gasteiger partial charge on any atom is -0.508 e. The highest BCUT2D eigenvalue weighted by Gasteiger charge is 2.31. The molecular weight excluding hydrogens is 307 g/mol. The number of nitrogens with zero attached hydrogens (tertiary/aromatic N) is 2. The summed E-state index contributed by atoms with van der Waals surface area (Å²) in [4.78, 5) is 4.29. The number of anilines is 1. The van der Waals surface area contributed by atoms with Crippen molar-refractivity contribution < 1.29 is 5.11 Å². The van der Waals surface area contributed by atoms with Gasteiger partial charge in [-0.2, -0.15) is 0 Å². The lowest BCUT2D eigenvalue weighted by atomic mass is 10.0. The molecule has 1 aliphatic heterocycles. The predicted octanol–water partition coefficient (Wildman–Crippen LogP) is 4.28. The van der Waals surface area contributed by atoms with Gasteiger partial charge in [-0.1, -0.05) is 29.3 Å². The van der Waals surface area contributed by atoms with Crippen molar-refractivity contribution in [1.29, 1.82) is 0 Å². The third-order valence-corrected chi connectivity index (χ3v) is 4.56. The first-order valence-electron chi connectivity index (χ1n) is 6.68. The lowest BCUT2D eigenvalue weighted by Crippen LogP contribution is -2.41. The molecule has 0 bridgehead atoms. The molecule has 3 rings (SSSR count). The molecule has 0 radical (unpaired) electrons. The van der Waals surface area contributed by atoms with E-state index in [0.29, 0.717) is 10.0 Å². The van der Waals surface area contributed by atoms with Gasteiger partial charge in [0.2, 0.25) is 0 Å². The Hall–Kier alpha value is -1.42. The summed E-state index contributed by atoms with van der Waals surface area (Å²) in [6, 6.07) is 11.0. The summed E-state index contributed by atoms with van der Waals surface area (Å²) in [6.07, 6.45) is -0.0387. The number of phenolic OH excluding ortho intramolecular Hbond substituents is 1. The lowest BCUT2D eigenvalue weighted by molar-refractivity contribution is 0.220. The molecule has 0 saturated heterocycles. The molecule has 0 amide bonds. The number of hydrogen-bond donors (Lipinski definition) is 1. The normalized spacial score (nSPS) is 18.7. The second-order valence-corrected chi connectivity index (χ2v) is 6.16. The van der Waals surface area contributed by atoms with Crippen molar-refractivity contribution in [3.63, 3.8) is 0 Å². The van der Waals surface area contributed by atoms with Gasteiger partial charge in [0.05, 0.1) is 0 Å². The van der Waals surface area contributed by atoms with E-state index in [1.807, 2.05) is 38.4 Å². The third-order valence-electron chi connectivity index (χ3n) is 3.91. The van der Waals surface area contributed by atoms with Gasteiger partial charge in [0.15, 0.2) is 0 Å². The highest BCUT2D eigenvalue weighted by atomic mass is 35.5. The van der Waals surface area contributed by atoms with Crippen LogP contribution >= 0.6 is 23.2 Å². The van der Waals surface area contributed by atoms with Crippen LogP contribution in [0.5, 0.6) is 5.75 Å². The van der Waals surface area contributed by atoms with E-state index < -0.39 is 0 Å². The van der Waals surface area contributed by atoms with Crippen molar-refractivity contribution in [3.8, 4) is 5.75 Å². The fourth-order valence-corrected chi connectivity index (χ4v) is 3.59. The molecule has 1 N–H and O–H groups in total. The summed E-state index contributed by atoms with van der Waals surface area (Å²) in [5.41, 5.74) is 3.07. The molecule has 0 saturated carbocycles. The van der Waals surface area contributed by atoms with Gasteiger partial charge in [-0.15, -0.1) is 0 Å². The summed E-state index contributed by atoms with van der Waals surface area (Å²) in [5.74, 6) is 0.282. The molecule has 1 aliphatic rings. The Bertz CT molecular complexity index is 670. The van der Waals surface area contributed by atoms with Crippen molar-refractivity contribution in [2.24, 2.45) is 0 Å². The quantitative estimate of drug-likeness (QED) is 0.848. The van der Waals surface area contributed by atoms with Crippen molar-refractivity contribution in [3.05, 3.63) is 57.6 Å². The van der Waals surface area contributed by atoms with Crippen molar-refractivity contribution in [2.45, 2.75) is 12.7 Å². The number of hydrogen-bond acceptors (Lipinski definition) is 3. The van der Waals surface area contributed by atoms with E-state index in [0.717, 1.165) is 23.4 Å². The molecule has 21 heavy (non-hydrogen) atoms. The fraction of sp³-hybridized carbons (Fsp3) is 0.250. The predicted molar refractivity (Wildman–Crippen MR) is 87.2 cm³/mol. The van der Waals surface area contributed by atoms with Gasteiger partial charge in [0, 0.05) is 34.9 Å². The molecule has 0 fully saturated rings. The Labute approximate surface area is 134 Å². The van der Waals surface area contributed by atoms with Crippen LogP contribution in [0, 0.1) is 0 Å². The van der Waals surface area contributed by atoms with Gasteiger partial charge < -0.3 is 10.0 Å². The molecule has 3 nitrogen and oxygen atoms in total. The van der Waals surface area contributed by atoms with Gasteiger partial charge in [0.25, 0.3) is 0 Å². The van der Waals surface area contributed by atoms with Gasteiger partial charge in [0.1, 0.15) is 11.9 Å². The number of benzene rings is 2. The van der Waals surface area contributed by atoms with Gasteiger partial charge in [-0.05, 0) is 42.9 Å². The average molecular weight is 323 g/mol. The van der Waals surface area contributed by atoms with Gasteiger partial charge >= 0.3 is 0 Å². The molecule has 1 atom stereocenters. The monoisotopic (exact) mass is 322 g/mol. The Morgan fingerprint density at radius 1 is 1.10 bits per heavy atom. The topological polar surface area (TPSA) is 26.7 Å². The standard InChI is InChI=1S/C16H16Cl2N2O/c1-19-9-10-8-11(21)6-7-14(10)20(2)16(19)15-12(17)4-3-5-13(15)18/h3-8,16,21H,9H2,1-2H3. The van der Waals surface area contributed by atoms with E-state index in [4.69, 9.17) is 23.2 Å². The Balaban J connectivity index is 2.11. The summed E-state index contributed by atoms with van der Waals surface area (Å²) >= 11 is 12.7. The highest BCUT2D eigenvalue weighted by Crippen LogP contribution is 2.42. The zero-order chi connectivity index (χ0) is 15.1. The van der Waals surface area contributed by atoms with Crippen LogP contribution in [0.4, 0.5) is 5.69 Å². The van der Waals surface area contributed by atoms with Crippen molar-refractivity contribution in [2.75, 3.05) is 19.0 Å². The van der Waals surface area contributed by atoms with E-state index in [-0.39, 0.29) is 11.9 Å². The van der Waals surface area contributed by atoms with E-state index in [2.05, 4.69) is 9.80 Å². The first-order chi connectivity index (χ1) is 9.99. The summed E-state index contributed by atoms with van der Waals surface area (Å²) in [5, 5.41) is 11.0. The van der Waals surface area contributed by atoms with Gasteiger partial charge in [-0.3, -0.25) is 4.90 Å². The second kappa shape index (κ2) is 5.41. The maximum atomic E-state index is 9.65. The molecule has 0 aromatic heterocycles. The first-order valence-corrected chi connectivity index (χ1v) is 7.43. The summed E-state index contributed by atoms with van der Waals surface area (Å²) in [7, 11) is 4.03. The van der Waals surface area contributed by atoms with Crippen LogP contribution in [-0.2, 0) is 6.54 Å². The maximum Gasteiger partial charge on any atom is 0.116 e. The van der Waals surface area contributed by atoms with Crippen LogP contribution in [0.3, 0.4) is 0 Å². The number of phenols is 1. The van der Waals surface area contributed by atoms with Crippen molar-refractivity contribution in [1.82, 2.24) is 4.90 Å². The molecule has 2 aromatic rings. The van der Waals surface area contributed by atoms with E-state index >= 15 is 0 Å². The molecule has 1 unspecified atom stereocenters. The largest absolute Gasteiger partial charge is 0.508 e. The second-order valence-electron chi connectivity index (χ2n) is 5.35. The fourth-order valence-electron chi connectivity index (χ4n) is 3.00. The SMILES string of the molecule is CN1Cc2cc(O)ccc2N(C)C1c1c(Cl)cccc1Cl. The Morgan fingerprint density at radius 3 is 2.43 bits per heavy atom. The zero-order valence-electron chi connectivity index (χ0n) is 11.8. The molecule has 0 aliphatic carbocycles. The minimum atomic E-state index is -0.0387. The number of aromatic hydroxyl groups is 1. The molecule has 1 heterocycles. The molecular formula is C16H16Cl2N2O. The summed E-state index contributed by atoms with van der Waals surface area (Å²) in [6.45, 7) is 0.723. The number of halogens is 2. The number of rotatable bonds is 1. The maximum absolute atomic E-state index is 9.65.